The Balaban J connectivity index is 1.53. The maximum Gasteiger partial charge on any atom is 0.285 e. The van der Waals surface area contributed by atoms with E-state index in [4.69, 9.17) is 4.74 Å². The molecule has 1 aromatic rings. The van der Waals surface area contributed by atoms with Gasteiger partial charge in [0.1, 0.15) is 16.8 Å². The summed E-state index contributed by atoms with van der Waals surface area (Å²) in [5, 5.41) is 0. The van der Waals surface area contributed by atoms with E-state index in [-0.39, 0.29) is 16.9 Å². The van der Waals surface area contributed by atoms with Crippen molar-refractivity contribution >= 4 is 26.7 Å². The van der Waals surface area contributed by atoms with Gasteiger partial charge in [-0.25, -0.2) is 0 Å². The second-order valence-corrected chi connectivity index (χ2v) is 9.42. The molecule has 0 aliphatic carbocycles. The molecule has 3 aliphatic rings. The fraction of sp³-hybridized carbons (Fsp3) is 0.524. The average Bonchev–Trinajstić information content (AvgIpc) is 3.21. The first kappa shape index (κ1) is 20.1. The number of hydrogen-bond donors (Lipinski definition) is 0. The zero-order valence-electron chi connectivity index (χ0n) is 16.9. The van der Waals surface area contributed by atoms with Crippen LogP contribution in [0.5, 0.6) is 0 Å². The molecule has 1 amide bonds. The Hall–Kier alpha value is -2.19. The van der Waals surface area contributed by atoms with Crippen molar-refractivity contribution < 1.29 is 17.9 Å². The third kappa shape index (κ3) is 3.96. The van der Waals surface area contributed by atoms with Crippen molar-refractivity contribution in [3.63, 3.8) is 0 Å². The lowest BCUT2D eigenvalue weighted by Crippen LogP contribution is -2.41. The predicted molar refractivity (Wildman–Crippen MR) is 112 cm³/mol. The van der Waals surface area contributed by atoms with Gasteiger partial charge < -0.3 is 14.5 Å². The molecule has 0 saturated carbocycles. The summed E-state index contributed by atoms with van der Waals surface area (Å²) in [6.45, 7) is 6.87. The molecule has 0 unspecified atom stereocenters. The first-order valence-corrected chi connectivity index (χ1v) is 11.6. The number of aryl methyl sites for hydroxylation is 1. The second kappa shape index (κ2) is 7.91. The van der Waals surface area contributed by atoms with Gasteiger partial charge in [0.2, 0.25) is 0 Å². The monoisotopic (exact) mass is 417 g/mol. The highest BCUT2D eigenvalue weighted by molar-refractivity contribution is 8.00. The Labute approximate surface area is 172 Å². The Bertz CT molecular complexity index is 960. The summed E-state index contributed by atoms with van der Waals surface area (Å²) in [4.78, 5) is 16.8. The van der Waals surface area contributed by atoms with Gasteiger partial charge in [-0.05, 0) is 38.7 Å². The van der Waals surface area contributed by atoms with Crippen molar-refractivity contribution in [2.45, 2.75) is 39.2 Å². The number of amidine groups is 1. The third-order valence-corrected chi connectivity index (χ3v) is 7.24. The van der Waals surface area contributed by atoms with Crippen LogP contribution < -0.4 is 0 Å². The number of carbonyl (C=O) groups is 1. The molecule has 3 aliphatic heterocycles. The van der Waals surface area contributed by atoms with Crippen molar-refractivity contribution in [2.75, 3.05) is 32.8 Å². The normalized spacial score (nSPS) is 24.6. The van der Waals surface area contributed by atoms with Crippen LogP contribution >= 0.6 is 0 Å². The van der Waals surface area contributed by atoms with E-state index in [0.29, 0.717) is 49.8 Å². The quantitative estimate of drug-likeness (QED) is 0.737. The van der Waals surface area contributed by atoms with Crippen LogP contribution in [0.2, 0.25) is 0 Å². The van der Waals surface area contributed by atoms with Crippen molar-refractivity contribution in [1.82, 2.24) is 9.80 Å². The van der Waals surface area contributed by atoms with Gasteiger partial charge in [-0.3, -0.25) is 4.79 Å². The summed E-state index contributed by atoms with van der Waals surface area (Å²) in [7, 11) is -3.73. The van der Waals surface area contributed by atoms with Crippen molar-refractivity contribution in [3.8, 4) is 0 Å². The molecule has 0 aromatic heterocycles. The lowest BCUT2D eigenvalue weighted by molar-refractivity contribution is -0.140. The molecule has 0 radical (unpaired) electrons. The number of ether oxygens (including phenoxy) is 1. The second-order valence-electron chi connectivity index (χ2n) is 7.88. The maximum absolute atomic E-state index is 12.8. The molecule has 156 valence electrons. The van der Waals surface area contributed by atoms with Crippen LogP contribution in [-0.2, 0) is 19.6 Å². The standard InChI is InChI=1S/C21H27N3O4S/c1-15-6-8-17(9-7-15)19-16(2)20(22-29(19,26)27)23-10-4-11-24(13-12-23)21(25)18-5-3-14-28-18/h6-9,18H,3-5,10-14H2,1-2H3/t18-/m0/s1. The highest BCUT2D eigenvalue weighted by Gasteiger charge is 2.35. The number of rotatable bonds is 2. The number of sulfonamides is 1. The SMILES string of the molecule is CC1=C(c2ccc(C)cc2)S(=O)(=O)N=C1N1CCCN(C(=O)[C@@H]2CCCO2)CC1. The number of carbonyl (C=O) groups excluding carboxylic acids is 1. The third-order valence-electron chi connectivity index (χ3n) is 5.77. The van der Waals surface area contributed by atoms with Crippen molar-refractivity contribution in [3.05, 3.63) is 41.0 Å². The minimum Gasteiger partial charge on any atom is -0.368 e. The minimum atomic E-state index is -3.73. The van der Waals surface area contributed by atoms with E-state index < -0.39 is 10.0 Å². The number of amides is 1. The minimum absolute atomic E-state index is 0.0536. The largest absolute Gasteiger partial charge is 0.368 e. The Morgan fingerprint density at radius 1 is 1.07 bits per heavy atom. The van der Waals surface area contributed by atoms with Gasteiger partial charge >= 0.3 is 0 Å². The van der Waals surface area contributed by atoms with E-state index >= 15 is 0 Å². The van der Waals surface area contributed by atoms with Gasteiger partial charge in [0.15, 0.2) is 0 Å². The summed E-state index contributed by atoms with van der Waals surface area (Å²) < 4.78 is 35.2. The summed E-state index contributed by atoms with van der Waals surface area (Å²) in [6.07, 6.45) is 2.16. The van der Waals surface area contributed by atoms with E-state index in [1.807, 2.05) is 47.9 Å². The zero-order chi connectivity index (χ0) is 20.6. The zero-order valence-corrected chi connectivity index (χ0v) is 17.7. The van der Waals surface area contributed by atoms with Gasteiger partial charge in [-0.15, -0.1) is 4.40 Å². The lowest BCUT2D eigenvalue weighted by atomic mass is 10.1. The van der Waals surface area contributed by atoms with Gasteiger partial charge in [0.05, 0.1) is 0 Å². The molecule has 2 fully saturated rings. The van der Waals surface area contributed by atoms with Crippen LogP contribution in [0, 0.1) is 6.92 Å². The van der Waals surface area contributed by atoms with Crippen LogP contribution in [0.15, 0.2) is 34.2 Å². The van der Waals surface area contributed by atoms with Gasteiger partial charge in [-0.2, -0.15) is 8.42 Å². The number of hydrogen-bond acceptors (Lipinski definition) is 5. The molecule has 1 aromatic carbocycles. The molecule has 2 saturated heterocycles. The van der Waals surface area contributed by atoms with E-state index in [1.54, 1.807) is 0 Å². The number of benzene rings is 1. The number of nitrogens with zero attached hydrogens (tertiary/aromatic N) is 3. The van der Waals surface area contributed by atoms with Crippen LogP contribution in [-0.4, -0.2) is 68.9 Å². The van der Waals surface area contributed by atoms with Gasteiger partial charge in [0, 0.05) is 38.4 Å². The summed E-state index contributed by atoms with van der Waals surface area (Å²) in [6, 6.07) is 7.47. The van der Waals surface area contributed by atoms with Crippen molar-refractivity contribution in [2.24, 2.45) is 4.40 Å². The summed E-state index contributed by atoms with van der Waals surface area (Å²) >= 11 is 0. The maximum atomic E-state index is 12.8. The highest BCUT2D eigenvalue weighted by atomic mass is 32.2. The van der Waals surface area contributed by atoms with E-state index in [1.165, 1.54) is 0 Å². The lowest BCUT2D eigenvalue weighted by Gasteiger charge is -2.25. The van der Waals surface area contributed by atoms with E-state index in [0.717, 1.165) is 24.8 Å². The predicted octanol–water partition coefficient (Wildman–Crippen LogP) is 2.18. The van der Waals surface area contributed by atoms with Gasteiger partial charge in [0.25, 0.3) is 15.9 Å². The van der Waals surface area contributed by atoms with Crippen LogP contribution in [0.3, 0.4) is 0 Å². The first-order chi connectivity index (χ1) is 13.9. The van der Waals surface area contributed by atoms with Crippen LogP contribution in [0.4, 0.5) is 0 Å². The molecule has 8 heteroatoms. The molecule has 4 rings (SSSR count). The van der Waals surface area contributed by atoms with Crippen molar-refractivity contribution in [1.29, 1.82) is 0 Å². The molecule has 0 bridgehead atoms. The first-order valence-electron chi connectivity index (χ1n) is 10.2. The Morgan fingerprint density at radius 2 is 1.83 bits per heavy atom. The highest BCUT2D eigenvalue weighted by Crippen LogP contribution is 2.34. The smallest absolute Gasteiger partial charge is 0.285 e. The molecular weight excluding hydrogens is 390 g/mol. The molecule has 1 atom stereocenters. The van der Waals surface area contributed by atoms with Crippen LogP contribution in [0.1, 0.15) is 37.3 Å². The molecule has 7 nitrogen and oxygen atoms in total. The van der Waals surface area contributed by atoms with E-state index in [9.17, 15) is 13.2 Å². The van der Waals surface area contributed by atoms with Crippen LogP contribution in [0.25, 0.3) is 4.91 Å². The topological polar surface area (TPSA) is 79.3 Å². The van der Waals surface area contributed by atoms with E-state index in [2.05, 4.69) is 4.40 Å². The fourth-order valence-electron chi connectivity index (χ4n) is 4.21. The molecule has 3 heterocycles. The molecule has 0 spiro atoms. The molecular formula is C21H27N3O4S. The van der Waals surface area contributed by atoms with Gasteiger partial charge in [-0.1, -0.05) is 29.8 Å². The summed E-state index contributed by atoms with van der Waals surface area (Å²) in [5.74, 6) is 0.560. The molecule has 29 heavy (non-hydrogen) atoms. The fourth-order valence-corrected chi connectivity index (χ4v) is 5.70. The Morgan fingerprint density at radius 3 is 2.52 bits per heavy atom. The Kier molecular flexibility index (Phi) is 5.48. The summed E-state index contributed by atoms with van der Waals surface area (Å²) in [5.41, 5.74) is 2.41. The average molecular weight is 418 g/mol. The molecule has 0 N–H and O–H groups in total.